The lowest BCUT2D eigenvalue weighted by atomic mass is 10.0. The monoisotopic (exact) mass is 283 g/mol. The van der Waals surface area contributed by atoms with E-state index in [2.05, 4.69) is 26.0 Å². The number of nitrogens with zero attached hydrogens (tertiary/aromatic N) is 1. The van der Waals surface area contributed by atoms with Crippen LogP contribution in [0.4, 0.5) is 5.69 Å². The third-order valence-corrected chi connectivity index (χ3v) is 3.72. The third-order valence-electron chi connectivity index (χ3n) is 3.72. The molecular weight excluding hydrogens is 262 g/mol. The normalized spacial score (nSPS) is 10.4. The number of aliphatic carboxylic acids is 1. The highest BCUT2D eigenvalue weighted by Crippen LogP contribution is 2.21. The predicted molar refractivity (Wildman–Crippen MR) is 85.8 cm³/mol. The van der Waals surface area contributed by atoms with Gasteiger partial charge in [0, 0.05) is 12.2 Å². The fourth-order valence-electron chi connectivity index (χ4n) is 2.45. The predicted octanol–water partition coefficient (Wildman–Crippen LogP) is 3.70. The van der Waals surface area contributed by atoms with Crippen LogP contribution in [0.15, 0.2) is 42.5 Å². The van der Waals surface area contributed by atoms with E-state index in [0.29, 0.717) is 6.54 Å². The van der Waals surface area contributed by atoms with Gasteiger partial charge in [-0.3, -0.25) is 4.79 Å². The van der Waals surface area contributed by atoms with E-state index in [1.165, 1.54) is 22.3 Å². The van der Waals surface area contributed by atoms with Crippen molar-refractivity contribution in [3.05, 3.63) is 64.7 Å². The number of anilines is 1. The Hall–Kier alpha value is -2.29. The van der Waals surface area contributed by atoms with Crippen LogP contribution in [0.5, 0.6) is 0 Å². The van der Waals surface area contributed by atoms with Gasteiger partial charge >= 0.3 is 5.97 Å². The molecule has 21 heavy (non-hydrogen) atoms. The first kappa shape index (κ1) is 15.1. The molecule has 0 heterocycles. The Morgan fingerprint density at radius 3 is 2.10 bits per heavy atom. The summed E-state index contributed by atoms with van der Waals surface area (Å²) in [5.41, 5.74) is 5.68. The Labute approximate surface area is 125 Å². The highest BCUT2D eigenvalue weighted by Gasteiger charge is 2.13. The Balaban J connectivity index is 2.32. The minimum atomic E-state index is -0.818. The molecule has 0 saturated heterocycles. The molecule has 3 heteroatoms. The van der Waals surface area contributed by atoms with Crippen molar-refractivity contribution in [1.82, 2.24) is 0 Å². The van der Waals surface area contributed by atoms with E-state index in [-0.39, 0.29) is 6.54 Å². The second-order valence-electron chi connectivity index (χ2n) is 5.46. The number of rotatable bonds is 5. The molecule has 2 aromatic rings. The van der Waals surface area contributed by atoms with Gasteiger partial charge in [-0.05, 0) is 49.6 Å². The van der Waals surface area contributed by atoms with E-state index in [0.717, 1.165) is 5.69 Å². The molecule has 0 aliphatic carbocycles. The Kier molecular flexibility index (Phi) is 4.63. The molecule has 2 aromatic carbocycles. The molecule has 0 bridgehead atoms. The van der Waals surface area contributed by atoms with Crippen LogP contribution in [0.2, 0.25) is 0 Å². The van der Waals surface area contributed by atoms with E-state index in [1.807, 2.05) is 42.2 Å². The first-order valence-corrected chi connectivity index (χ1v) is 7.06. The molecular formula is C18H21NO2. The van der Waals surface area contributed by atoms with Crippen LogP contribution in [0.25, 0.3) is 0 Å². The summed E-state index contributed by atoms with van der Waals surface area (Å²) in [4.78, 5) is 13.1. The topological polar surface area (TPSA) is 40.5 Å². The van der Waals surface area contributed by atoms with Gasteiger partial charge in [0.05, 0.1) is 0 Å². The average molecular weight is 283 g/mol. The summed E-state index contributed by atoms with van der Waals surface area (Å²) in [6, 6.07) is 14.1. The van der Waals surface area contributed by atoms with Gasteiger partial charge in [-0.15, -0.1) is 0 Å². The highest BCUT2D eigenvalue weighted by atomic mass is 16.4. The molecule has 3 nitrogen and oxygen atoms in total. The third kappa shape index (κ3) is 3.85. The quantitative estimate of drug-likeness (QED) is 0.909. The van der Waals surface area contributed by atoms with Gasteiger partial charge in [0.1, 0.15) is 6.54 Å². The Morgan fingerprint density at radius 1 is 1.00 bits per heavy atom. The number of carboxylic acids is 1. The lowest BCUT2D eigenvalue weighted by molar-refractivity contribution is -0.135. The van der Waals surface area contributed by atoms with Crippen LogP contribution in [-0.4, -0.2) is 17.6 Å². The number of carboxylic acid groups (broad SMARTS) is 1. The van der Waals surface area contributed by atoms with Crippen molar-refractivity contribution in [2.45, 2.75) is 27.3 Å². The highest BCUT2D eigenvalue weighted by molar-refractivity contribution is 5.73. The van der Waals surface area contributed by atoms with Crippen molar-refractivity contribution >= 4 is 11.7 Å². The van der Waals surface area contributed by atoms with Crippen molar-refractivity contribution in [3.63, 3.8) is 0 Å². The maximum absolute atomic E-state index is 11.2. The molecule has 1 N–H and O–H groups in total. The van der Waals surface area contributed by atoms with E-state index in [9.17, 15) is 9.90 Å². The zero-order valence-electron chi connectivity index (χ0n) is 12.8. The minimum Gasteiger partial charge on any atom is -0.480 e. The molecule has 110 valence electrons. The van der Waals surface area contributed by atoms with Crippen LogP contribution in [0, 0.1) is 20.8 Å². The first-order chi connectivity index (χ1) is 9.97. The molecule has 0 aliphatic heterocycles. The van der Waals surface area contributed by atoms with Crippen molar-refractivity contribution in [3.8, 4) is 0 Å². The SMILES string of the molecule is Cc1ccc(N(CC(=O)O)Cc2c(C)cccc2C)cc1. The van der Waals surface area contributed by atoms with Crippen LogP contribution >= 0.6 is 0 Å². The molecule has 2 rings (SSSR count). The van der Waals surface area contributed by atoms with E-state index in [4.69, 9.17) is 0 Å². The fraction of sp³-hybridized carbons (Fsp3) is 0.278. The summed E-state index contributed by atoms with van der Waals surface area (Å²) in [5, 5.41) is 9.17. The van der Waals surface area contributed by atoms with Crippen LogP contribution < -0.4 is 4.90 Å². The molecule has 0 saturated carbocycles. The standard InChI is InChI=1S/C18H21NO2/c1-13-7-9-16(10-8-13)19(12-18(20)21)11-17-14(2)5-4-6-15(17)3/h4-10H,11-12H2,1-3H3,(H,20,21). The minimum absolute atomic E-state index is 0.00314. The number of aryl methyl sites for hydroxylation is 3. The molecule has 0 aliphatic rings. The molecule has 0 unspecified atom stereocenters. The van der Waals surface area contributed by atoms with Crippen LogP contribution in [0.1, 0.15) is 22.3 Å². The number of benzene rings is 2. The van der Waals surface area contributed by atoms with Crippen LogP contribution in [-0.2, 0) is 11.3 Å². The Bertz CT molecular complexity index is 612. The summed E-state index contributed by atoms with van der Waals surface area (Å²) in [6.07, 6.45) is 0. The lowest BCUT2D eigenvalue weighted by Crippen LogP contribution is -2.29. The smallest absolute Gasteiger partial charge is 0.323 e. The van der Waals surface area contributed by atoms with Crippen molar-refractivity contribution in [2.24, 2.45) is 0 Å². The van der Waals surface area contributed by atoms with Gasteiger partial charge in [-0.1, -0.05) is 35.9 Å². The van der Waals surface area contributed by atoms with Crippen molar-refractivity contribution in [1.29, 1.82) is 0 Å². The van der Waals surface area contributed by atoms with Gasteiger partial charge in [0.2, 0.25) is 0 Å². The van der Waals surface area contributed by atoms with Crippen molar-refractivity contribution in [2.75, 3.05) is 11.4 Å². The molecule has 0 radical (unpaired) electrons. The van der Waals surface area contributed by atoms with Gasteiger partial charge in [0.15, 0.2) is 0 Å². The van der Waals surface area contributed by atoms with Gasteiger partial charge in [-0.25, -0.2) is 0 Å². The zero-order valence-corrected chi connectivity index (χ0v) is 12.8. The largest absolute Gasteiger partial charge is 0.480 e. The fourth-order valence-corrected chi connectivity index (χ4v) is 2.45. The molecule has 0 fully saturated rings. The van der Waals surface area contributed by atoms with Crippen LogP contribution in [0.3, 0.4) is 0 Å². The maximum Gasteiger partial charge on any atom is 0.323 e. The number of hydrogen-bond donors (Lipinski definition) is 1. The summed E-state index contributed by atoms with van der Waals surface area (Å²) >= 11 is 0. The molecule has 0 aromatic heterocycles. The number of hydrogen-bond acceptors (Lipinski definition) is 2. The van der Waals surface area contributed by atoms with E-state index >= 15 is 0 Å². The number of carbonyl (C=O) groups is 1. The summed E-state index contributed by atoms with van der Waals surface area (Å²) in [6.45, 7) is 6.76. The molecule has 0 amide bonds. The summed E-state index contributed by atoms with van der Waals surface area (Å²) in [5.74, 6) is -0.818. The Morgan fingerprint density at radius 2 is 1.57 bits per heavy atom. The average Bonchev–Trinajstić information content (AvgIpc) is 2.42. The summed E-state index contributed by atoms with van der Waals surface area (Å²) in [7, 11) is 0. The second-order valence-corrected chi connectivity index (χ2v) is 5.46. The van der Waals surface area contributed by atoms with E-state index < -0.39 is 5.97 Å². The van der Waals surface area contributed by atoms with Gasteiger partial charge in [0.25, 0.3) is 0 Å². The van der Waals surface area contributed by atoms with Crippen molar-refractivity contribution < 1.29 is 9.90 Å². The molecule has 0 atom stereocenters. The first-order valence-electron chi connectivity index (χ1n) is 7.06. The second kappa shape index (κ2) is 6.44. The molecule has 0 spiro atoms. The lowest BCUT2D eigenvalue weighted by Gasteiger charge is -2.25. The maximum atomic E-state index is 11.2. The summed E-state index contributed by atoms with van der Waals surface area (Å²) < 4.78 is 0. The zero-order chi connectivity index (χ0) is 15.4. The van der Waals surface area contributed by atoms with Gasteiger partial charge in [-0.2, -0.15) is 0 Å². The van der Waals surface area contributed by atoms with E-state index in [1.54, 1.807) is 0 Å². The van der Waals surface area contributed by atoms with Gasteiger partial charge < -0.3 is 10.0 Å².